The van der Waals surface area contributed by atoms with Crippen LogP contribution in [0.5, 0.6) is 5.75 Å². The molecule has 1 amide bonds. The van der Waals surface area contributed by atoms with Crippen molar-refractivity contribution < 1.29 is 22.7 Å². The Bertz CT molecular complexity index is 1570. The summed E-state index contributed by atoms with van der Waals surface area (Å²) in [5, 5.41) is 4.16. The number of piperidine rings is 1. The number of nitrogens with zero attached hydrogens (tertiary/aromatic N) is 5. The maximum absolute atomic E-state index is 15.0. The summed E-state index contributed by atoms with van der Waals surface area (Å²) in [4.78, 5) is 40.1. The molecule has 1 saturated heterocycles. The van der Waals surface area contributed by atoms with Crippen LogP contribution in [0.25, 0.3) is 16.6 Å². The molecule has 0 atom stereocenters. The van der Waals surface area contributed by atoms with Crippen molar-refractivity contribution in [1.82, 2.24) is 23.8 Å². The number of carbonyl (C=O) groups excluding carboxylic acids is 1. The van der Waals surface area contributed by atoms with Gasteiger partial charge in [-0.05, 0) is 42.7 Å². The molecule has 9 nitrogen and oxygen atoms in total. The van der Waals surface area contributed by atoms with Gasteiger partial charge in [-0.25, -0.2) is 22.6 Å². The van der Waals surface area contributed by atoms with Gasteiger partial charge in [0.1, 0.15) is 13.3 Å². The number of fused-ring (bicyclic) bond motifs is 1. The van der Waals surface area contributed by atoms with Gasteiger partial charge in [-0.1, -0.05) is 12.1 Å². The van der Waals surface area contributed by atoms with E-state index < -0.39 is 48.3 Å². The van der Waals surface area contributed by atoms with Crippen molar-refractivity contribution in [3.63, 3.8) is 0 Å². The van der Waals surface area contributed by atoms with Crippen molar-refractivity contribution in [2.24, 2.45) is 0 Å². The van der Waals surface area contributed by atoms with E-state index in [1.165, 1.54) is 4.57 Å². The number of hydrogen-bond donors (Lipinski definition) is 0. The Morgan fingerprint density at radius 1 is 1.08 bits per heavy atom. The molecule has 0 saturated carbocycles. The first-order valence-corrected chi connectivity index (χ1v) is 12.5. The lowest BCUT2D eigenvalue weighted by molar-refractivity contribution is -0.119. The Morgan fingerprint density at radius 2 is 1.79 bits per heavy atom. The van der Waals surface area contributed by atoms with E-state index >= 15 is 4.39 Å². The zero-order valence-corrected chi connectivity index (χ0v) is 20.9. The molecule has 1 aliphatic rings. The van der Waals surface area contributed by atoms with Crippen molar-refractivity contribution in [3.8, 4) is 11.4 Å². The van der Waals surface area contributed by atoms with E-state index in [1.807, 2.05) is 0 Å². The number of alkyl halides is 2. The van der Waals surface area contributed by atoms with Crippen LogP contribution < -0.4 is 16.0 Å². The molecule has 0 bridgehead atoms. The standard InChI is InChI=1S/C27H26F3N5O4/c28-14-21(15-29)39-25-12-22-24(13-23(25)30)35(20-6-10-32(17-36)11-7-20)27(38)33(26(22)37)16-18-2-4-19(5-3-18)34-9-1-8-31-34/h1-5,8-9,12-13,17,20-21H,6-7,10-11,14-16H2. The lowest BCUT2D eigenvalue weighted by Gasteiger charge is -2.31. The monoisotopic (exact) mass is 541 g/mol. The number of aromatic nitrogens is 4. The van der Waals surface area contributed by atoms with E-state index in [4.69, 9.17) is 4.74 Å². The van der Waals surface area contributed by atoms with Crippen LogP contribution in [0.3, 0.4) is 0 Å². The van der Waals surface area contributed by atoms with E-state index in [-0.39, 0.29) is 17.4 Å². The SMILES string of the molecule is O=CN1CCC(n2c(=O)n(Cc3ccc(-n4cccn4)cc3)c(=O)c3cc(OC(CF)CF)c(F)cc32)CC1. The maximum atomic E-state index is 15.0. The average Bonchev–Trinajstić information content (AvgIpc) is 3.50. The van der Waals surface area contributed by atoms with Crippen LogP contribution in [0.15, 0.2) is 64.4 Å². The van der Waals surface area contributed by atoms with Crippen LogP contribution in [0, 0.1) is 5.82 Å². The van der Waals surface area contributed by atoms with E-state index in [0.717, 1.165) is 28.8 Å². The molecular formula is C27H26F3N5O4. The summed E-state index contributed by atoms with van der Waals surface area (Å²) in [6, 6.07) is 10.6. The van der Waals surface area contributed by atoms with Gasteiger partial charge in [-0.2, -0.15) is 5.10 Å². The first-order valence-electron chi connectivity index (χ1n) is 12.5. The first-order chi connectivity index (χ1) is 18.9. The van der Waals surface area contributed by atoms with Crippen LogP contribution in [0.4, 0.5) is 13.2 Å². The van der Waals surface area contributed by atoms with Crippen LogP contribution in [-0.2, 0) is 11.3 Å². The Morgan fingerprint density at radius 3 is 2.41 bits per heavy atom. The van der Waals surface area contributed by atoms with Crippen LogP contribution >= 0.6 is 0 Å². The molecule has 5 rings (SSSR count). The quantitative estimate of drug-likeness (QED) is 0.304. The minimum Gasteiger partial charge on any atom is -0.482 e. The highest BCUT2D eigenvalue weighted by molar-refractivity contribution is 5.80. The maximum Gasteiger partial charge on any atom is 0.332 e. The van der Waals surface area contributed by atoms with E-state index in [0.29, 0.717) is 31.5 Å². The van der Waals surface area contributed by atoms with Gasteiger partial charge in [0.25, 0.3) is 5.56 Å². The fourth-order valence-electron chi connectivity index (χ4n) is 4.85. The third-order valence-corrected chi connectivity index (χ3v) is 6.92. The predicted molar refractivity (Wildman–Crippen MR) is 137 cm³/mol. The fourth-order valence-corrected chi connectivity index (χ4v) is 4.85. The summed E-state index contributed by atoms with van der Waals surface area (Å²) in [5.74, 6) is -1.42. The van der Waals surface area contributed by atoms with Gasteiger partial charge in [0.2, 0.25) is 6.41 Å². The van der Waals surface area contributed by atoms with Crippen molar-refractivity contribution >= 4 is 17.3 Å². The molecule has 1 fully saturated rings. The van der Waals surface area contributed by atoms with E-state index in [1.54, 1.807) is 52.3 Å². The molecular weight excluding hydrogens is 515 g/mol. The summed E-state index contributed by atoms with van der Waals surface area (Å²) >= 11 is 0. The third-order valence-electron chi connectivity index (χ3n) is 6.92. The summed E-state index contributed by atoms with van der Waals surface area (Å²) in [7, 11) is 0. The van der Waals surface area contributed by atoms with Gasteiger partial charge in [0.15, 0.2) is 17.7 Å². The molecule has 4 aromatic rings. The first kappa shape index (κ1) is 26.3. The van der Waals surface area contributed by atoms with Crippen molar-refractivity contribution in [3.05, 3.63) is 87.1 Å². The van der Waals surface area contributed by atoms with Gasteiger partial charge in [-0.3, -0.25) is 18.7 Å². The van der Waals surface area contributed by atoms with E-state index in [9.17, 15) is 23.2 Å². The number of likely N-dealkylation sites (tertiary alicyclic amines) is 1. The Labute approximate surface area is 220 Å². The molecule has 0 spiro atoms. The minimum absolute atomic E-state index is 0.0200. The molecule has 2 aromatic heterocycles. The number of halogens is 3. The van der Waals surface area contributed by atoms with Gasteiger partial charge in [0.05, 0.1) is 23.1 Å². The van der Waals surface area contributed by atoms with Crippen molar-refractivity contribution in [1.29, 1.82) is 0 Å². The van der Waals surface area contributed by atoms with E-state index in [2.05, 4.69) is 5.10 Å². The molecule has 1 aliphatic heterocycles. The highest BCUT2D eigenvalue weighted by Crippen LogP contribution is 2.28. The number of rotatable bonds is 9. The Kier molecular flexibility index (Phi) is 7.53. The lowest BCUT2D eigenvalue weighted by atomic mass is 10.0. The third kappa shape index (κ3) is 5.18. The van der Waals surface area contributed by atoms with Crippen molar-refractivity contribution in [2.75, 3.05) is 26.4 Å². The molecule has 3 heterocycles. The number of carbonyl (C=O) groups is 1. The van der Waals surface area contributed by atoms with Crippen LogP contribution in [0.1, 0.15) is 24.4 Å². The number of ether oxygens (including phenoxy) is 1. The molecule has 0 unspecified atom stereocenters. The molecule has 204 valence electrons. The van der Waals surface area contributed by atoms with Crippen molar-refractivity contribution in [2.45, 2.75) is 31.5 Å². The Hall–Kier alpha value is -4.35. The number of benzene rings is 2. The molecule has 12 heteroatoms. The molecule has 39 heavy (non-hydrogen) atoms. The zero-order chi connectivity index (χ0) is 27.5. The molecule has 0 N–H and O–H groups in total. The second-order valence-electron chi connectivity index (χ2n) is 9.38. The summed E-state index contributed by atoms with van der Waals surface area (Å²) < 4.78 is 50.4. The predicted octanol–water partition coefficient (Wildman–Crippen LogP) is 3.02. The smallest absolute Gasteiger partial charge is 0.332 e. The minimum atomic E-state index is -1.52. The summed E-state index contributed by atoms with van der Waals surface area (Å²) in [6.07, 6.45) is 3.50. The summed E-state index contributed by atoms with van der Waals surface area (Å²) in [6.45, 7) is -1.63. The zero-order valence-electron chi connectivity index (χ0n) is 20.9. The lowest BCUT2D eigenvalue weighted by Crippen LogP contribution is -2.44. The second-order valence-corrected chi connectivity index (χ2v) is 9.38. The largest absolute Gasteiger partial charge is 0.482 e. The number of amides is 1. The highest BCUT2D eigenvalue weighted by atomic mass is 19.1. The summed E-state index contributed by atoms with van der Waals surface area (Å²) in [5.41, 5.74) is 0.213. The molecule has 2 aromatic carbocycles. The molecule has 0 aliphatic carbocycles. The second kappa shape index (κ2) is 11.2. The van der Waals surface area contributed by atoms with Gasteiger partial charge >= 0.3 is 5.69 Å². The number of hydrogen-bond acceptors (Lipinski definition) is 5. The topological polar surface area (TPSA) is 91.4 Å². The van der Waals surface area contributed by atoms with Crippen LogP contribution in [-0.4, -0.2) is 62.8 Å². The normalized spacial score (nSPS) is 14.3. The van der Waals surface area contributed by atoms with Gasteiger partial charge in [-0.15, -0.1) is 0 Å². The Balaban J connectivity index is 1.61. The highest BCUT2D eigenvalue weighted by Gasteiger charge is 2.26. The fraction of sp³-hybridized carbons (Fsp3) is 0.333. The molecule has 0 radical (unpaired) electrons. The van der Waals surface area contributed by atoms with Gasteiger partial charge < -0.3 is 9.64 Å². The van der Waals surface area contributed by atoms with Gasteiger partial charge in [0, 0.05) is 37.6 Å². The van der Waals surface area contributed by atoms with Crippen LogP contribution in [0.2, 0.25) is 0 Å². The average molecular weight is 542 g/mol.